The van der Waals surface area contributed by atoms with Crippen LogP contribution in [0.2, 0.25) is 0 Å². The number of hydrogen-bond acceptors (Lipinski definition) is 6. The number of pyridine rings is 1. The minimum atomic E-state index is -0.530. The number of ketones is 1. The normalized spacial score (nSPS) is 17.6. The fourth-order valence-electron chi connectivity index (χ4n) is 3.70. The molecule has 1 fully saturated rings. The molecule has 0 saturated carbocycles. The maximum absolute atomic E-state index is 12.7. The molecule has 8 heteroatoms. The summed E-state index contributed by atoms with van der Waals surface area (Å²) in [5.41, 5.74) is 1.35. The fraction of sp³-hybridized carbons (Fsp3) is 0.400. The smallest absolute Gasteiger partial charge is 0.265 e. The van der Waals surface area contributed by atoms with E-state index in [1.807, 2.05) is 18.2 Å². The van der Waals surface area contributed by atoms with E-state index in [-0.39, 0.29) is 30.4 Å². The molecule has 4 rings (SSSR count). The third-order valence-corrected chi connectivity index (χ3v) is 6.47. The lowest BCUT2D eigenvalue weighted by Gasteiger charge is -2.45. The maximum Gasteiger partial charge on any atom is 0.265 e. The fourth-order valence-corrected chi connectivity index (χ4v) is 4.72. The van der Waals surface area contributed by atoms with Gasteiger partial charge in [-0.3, -0.25) is 14.6 Å². The third-order valence-electron chi connectivity index (χ3n) is 5.29. The van der Waals surface area contributed by atoms with E-state index < -0.39 is 5.66 Å². The van der Waals surface area contributed by atoms with Crippen LogP contribution in [0.5, 0.6) is 0 Å². The van der Waals surface area contributed by atoms with Crippen LogP contribution in [0.4, 0.5) is 5.69 Å². The van der Waals surface area contributed by atoms with Crippen molar-refractivity contribution in [3.63, 3.8) is 0 Å². The summed E-state index contributed by atoms with van der Waals surface area (Å²) in [4.78, 5) is 43.6. The van der Waals surface area contributed by atoms with Gasteiger partial charge in [-0.15, -0.1) is 11.3 Å². The van der Waals surface area contributed by atoms with E-state index in [1.54, 1.807) is 17.3 Å². The zero-order valence-corrected chi connectivity index (χ0v) is 16.5. The number of thiophene rings is 1. The molecule has 2 amide bonds. The number of nitrogens with one attached hydrogen (secondary N) is 2. The van der Waals surface area contributed by atoms with E-state index in [9.17, 15) is 14.4 Å². The number of carbonyl (C=O) groups is 3. The topological polar surface area (TPSA) is 91.4 Å². The number of Topliss-reactive ketones (excluding diaryl/α,β-unsaturated/α-hetero) is 1. The Morgan fingerprint density at radius 3 is 2.57 bits per heavy atom. The van der Waals surface area contributed by atoms with Crippen molar-refractivity contribution < 1.29 is 14.4 Å². The number of fused-ring (bicyclic) bond motifs is 1. The molecule has 2 aliphatic rings. The molecule has 2 aromatic heterocycles. The van der Waals surface area contributed by atoms with Crippen molar-refractivity contribution in [3.8, 4) is 10.4 Å². The number of carbonyl (C=O) groups excluding carboxylic acids is 3. The first-order valence-corrected chi connectivity index (χ1v) is 10.2. The van der Waals surface area contributed by atoms with Gasteiger partial charge in [0.05, 0.1) is 5.69 Å². The van der Waals surface area contributed by atoms with Gasteiger partial charge in [0.1, 0.15) is 16.3 Å². The first kappa shape index (κ1) is 18.6. The number of aromatic nitrogens is 1. The molecule has 2 N–H and O–H groups in total. The Kier molecular flexibility index (Phi) is 4.89. The van der Waals surface area contributed by atoms with E-state index >= 15 is 0 Å². The number of hydrogen-bond donors (Lipinski definition) is 2. The van der Waals surface area contributed by atoms with Crippen LogP contribution < -0.4 is 10.6 Å². The van der Waals surface area contributed by atoms with Gasteiger partial charge in [-0.2, -0.15) is 0 Å². The monoisotopic (exact) mass is 398 g/mol. The number of anilines is 1. The van der Waals surface area contributed by atoms with Gasteiger partial charge >= 0.3 is 0 Å². The Bertz CT molecular complexity index is 917. The predicted molar refractivity (Wildman–Crippen MR) is 107 cm³/mol. The highest BCUT2D eigenvalue weighted by Gasteiger charge is 2.41. The second-order valence-corrected chi connectivity index (χ2v) is 8.39. The Labute approximate surface area is 167 Å². The SMILES string of the molecule is CC(=O)CCC(=O)N1CCC2(CC1)NC(=O)c1sc(-c3ccncc3)cc1N2. The van der Waals surface area contributed by atoms with E-state index in [0.717, 1.165) is 16.1 Å². The van der Waals surface area contributed by atoms with Gasteiger partial charge in [-0.25, -0.2) is 0 Å². The van der Waals surface area contributed by atoms with Crippen LogP contribution in [-0.2, 0) is 9.59 Å². The highest BCUT2D eigenvalue weighted by molar-refractivity contribution is 7.18. The van der Waals surface area contributed by atoms with Crippen LogP contribution >= 0.6 is 11.3 Å². The molecule has 0 bridgehead atoms. The number of nitrogens with zero attached hydrogens (tertiary/aromatic N) is 2. The van der Waals surface area contributed by atoms with Crippen LogP contribution in [0, 0.1) is 0 Å². The van der Waals surface area contributed by atoms with Gasteiger partial charge < -0.3 is 20.3 Å². The summed E-state index contributed by atoms with van der Waals surface area (Å²) >= 11 is 1.46. The lowest BCUT2D eigenvalue weighted by Crippen LogP contribution is -2.62. The van der Waals surface area contributed by atoms with Gasteiger partial charge in [-0.05, 0) is 30.7 Å². The first-order chi connectivity index (χ1) is 13.5. The summed E-state index contributed by atoms with van der Waals surface area (Å²) in [6.07, 6.45) is 5.27. The van der Waals surface area contributed by atoms with Crippen molar-refractivity contribution in [2.24, 2.45) is 0 Å². The number of amides is 2. The van der Waals surface area contributed by atoms with Crippen molar-refractivity contribution >= 4 is 34.6 Å². The third kappa shape index (κ3) is 3.64. The Hall–Kier alpha value is -2.74. The molecule has 0 radical (unpaired) electrons. The Balaban J connectivity index is 1.46. The molecule has 0 aromatic carbocycles. The zero-order chi connectivity index (χ0) is 19.7. The average Bonchev–Trinajstić information content (AvgIpc) is 3.12. The van der Waals surface area contributed by atoms with Gasteiger partial charge in [0, 0.05) is 56.0 Å². The molecule has 0 aliphatic carbocycles. The molecule has 0 atom stereocenters. The van der Waals surface area contributed by atoms with Crippen LogP contribution in [0.3, 0.4) is 0 Å². The summed E-state index contributed by atoms with van der Waals surface area (Å²) < 4.78 is 0. The molecule has 2 aliphatic heterocycles. The molecule has 146 valence electrons. The van der Waals surface area contributed by atoms with Gasteiger partial charge in [0.2, 0.25) is 5.91 Å². The predicted octanol–water partition coefficient (Wildman–Crippen LogP) is 2.65. The second-order valence-electron chi connectivity index (χ2n) is 7.33. The van der Waals surface area contributed by atoms with Crippen molar-refractivity contribution in [2.45, 2.75) is 38.3 Å². The van der Waals surface area contributed by atoms with Crippen LogP contribution in [0.25, 0.3) is 10.4 Å². The molecule has 4 heterocycles. The quantitative estimate of drug-likeness (QED) is 0.826. The number of rotatable bonds is 4. The first-order valence-electron chi connectivity index (χ1n) is 9.38. The summed E-state index contributed by atoms with van der Waals surface area (Å²) in [5, 5.41) is 6.63. The molecule has 0 unspecified atom stereocenters. The van der Waals surface area contributed by atoms with E-state index in [4.69, 9.17) is 0 Å². The Morgan fingerprint density at radius 2 is 1.89 bits per heavy atom. The van der Waals surface area contributed by atoms with E-state index in [0.29, 0.717) is 30.8 Å². The number of likely N-dealkylation sites (tertiary alicyclic amines) is 1. The molecule has 1 saturated heterocycles. The van der Waals surface area contributed by atoms with E-state index in [1.165, 1.54) is 18.3 Å². The van der Waals surface area contributed by atoms with Crippen molar-refractivity contribution in [2.75, 3.05) is 18.4 Å². The maximum atomic E-state index is 12.7. The highest BCUT2D eigenvalue weighted by Crippen LogP contribution is 2.40. The summed E-state index contributed by atoms with van der Waals surface area (Å²) in [6, 6.07) is 5.87. The van der Waals surface area contributed by atoms with Crippen LogP contribution in [0.1, 0.15) is 42.3 Å². The second kappa shape index (κ2) is 7.35. The van der Waals surface area contributed by atoms with Crippen molar-refractivity contribution in [1.82, 2.24) is 15.2 Å². The Morgan fingerprint density at radius 1 is 1.18 bits per heavy atom. The molecule has 1 spiro atoms. The minimum Gasteiger partial charge on any atom is -0.361 e. The van der Waals surface area contributed by atoms with Gasteiger partial charge in [0.25, 0.3) is 5.91 Å². The standard InChI is InChI=1S/C20H22N4O3S/c1-13(25)2-3-17(26)24-10-6-20(7-11-24)22-15-12-16(14-4-8-21-9-5-14)28-18(15)19(27)23-20/h4-5,8-9,12,22H,2-3,6-7,10-11H2,1H3,(H,23,27). The lowest BCUT2D eigenvalue weighted by molar-refractivity contribution is -0.134. The lowest BCUT2D eigenvalue weighted by atomic mass is 9.93. The minimum absolute atomic E-state index is 0.00313. The van der Waals surface area contributed by atoms with Crippen molar-refractivity contribution in [1.29, 1.82) is 0 Å². The van der Waals surface area contributed by atoms with Gasteiger partial charge in [-0.1, -0.05) is 0 Å². The van der Waals surface area contributed by atoms with Crippen LogP contribution in [-0.4, -0.2) is 46.2 Å². The van der Waals surface area contributed by atoms with E-state index in [2.05, 4.69) is 15.6 Å². The molecular weight excluding hydrogens is 376 g/mol. The van der Waals surface area contributed by atoms with Crippen molar-refractivity contribution in [3.05, 3.63) is 35.5 Å². The average molecular weight is 398 g/mol. The molecule has 28 heavy (non-hydrogen) atoms. The highest BCUT2D eigenvalue weighted by atomic mass is 32.1. The van der Waals surface area contributed by atoms with Crippen LogP contribution in [0.15, 0.2) is 30.6 Å². The summed E-state index contributed by atoms with van der Waals surface area (Å²) in [5.74, 6) is -0.0446. The molecule has 2 aromatic rings. The summed E-state index contributed by atoms with van der Waals surface area (Å²) in [6.45, 7) is 2.61. The summed E-state index contributed by atoms with van der Waals surface area (Å²) in [7, 11) is 0. The zero-order valence-electron chi connectivity index (χ0n) is 15.7. The molecular formula is C20H22N4O3S. The number of piperidine rings is 1. The largest absolute Gasteiger partial charge is 0.361 e. The van der Waals surface area contributed by atoms with Gasteiger partial charge in [0.15, 0.2) is 0 Å². The molecule has 7 nitrogen and oxygen atoms in total.